The Kier molecular flexibility index (Phi) is 4.59. The lowest BCUT2D eigenvalue weighted by Crippen LogP contribution is -2.40. The number of ketones is 1. The summed E-state index contributed by atoms with van der Waals surface area (Å²) in [4.78, 5) is 13.4. The highest BCUT2D eigenvalue weighted by molar-refractivity contribution is 6.16. The van der Waals surface area contributed by atoms with Gasteiger partial charge in [-0.25, -0.2) is 0 Å². The van der Waals surface area contributed by atoms with Crippen LogP contribution in [-0.2, 0) is 18.3 Å². The molecule has 31 heavy (non-hydrogen) atoms. The number of phenols is 2. The third-order valence-corrected chi connectivity index (χ3v) is 6.27. The van der Waals surface area contributed by atoms with Crippen molar-refractivity contribution < 1.29 is 15.0 Å². The van der Waals surface area contributed by atoms with Gasteiger partial charge in [0.2, 0.25) is 5.78 Å². The van der Waals surface area contributed by atoms with Crippen molar-refractivity contribution in [3.8, 4) is 11.5 Å². The lowest BCUT2D eigenvalue weighted by molar-refractivity contribution is 0.102. The normalized spacial score (nSPS) is 14.0. The van der Waals surface area contributed by atoms with Gasteiger partial charge in [-0.3, -0.25) is 4.79 Å². The molecule has 0 amide bonds. The zero-order valence-corrected chi connectivity index (χ0v) is 17.0. The summed E-state index contributed by atoms with van der Waals surface area (Å²) in [5, 5.41) is 21.4. The smallest absolute Gasteiger partial charge is 0.201 e. The molecule has 0 atom stereocenters. The van der Waals surface area contributed by atoms with Crippen LogP contribution in [0.25, 0.3) is 0 Å². The minimum absolute atomic E-state index is 0.0538. The number of fused-ring (bicyclic) bond motifs is 2. The Morgan fingerprint density at radius 3 is 1.39 bits per heavy atom. The topological polar surface area (TPSA) is 57.5 Å². The van der Waals surface area contributed by atoms with E-state index in [2.05, 4.69) is 24.3 Å². The maximum absolute atomic E-state index is 13.4. The highest BCUT2D eigenvalue weighted by Crippen LogP contribution is 2.49. The van der Waals surface area contributed by atoms with Crippen molar-refractivity contribution in [1.82, 2.24) is 0 Å². The second-order valence-electron chi connectivity index (χ2n) is 8.14. The first-order valence-corrected chi connectivity index (χ1v) is 10.4. The molecule has 4 aromatic rings. The van der Waals surface area contributed by atoms with E-state index < -0.39 is 5.41 Å². The molecule has 5 rings (SSSR count). The van der Waals surface area contributed by atoms with Gasteiger partial charge in [0.15, 0.2) is 0 Å². The predicted octanol–water partition coefficient (Wildman–Crippen LogP) is 5.41. The van der Waals surface area contributed by atoms with Crippen molar-refractivity contribution in [1.29, 1.82) is 0 Å². The summed E-state index contributed by atoms with van der Waals surface area (Å²) in [5.74, 6) is -0.443. The molecule has 1 aliphatic rings. The molecule has 0 bridgehead atoms. The average molecular weight is 406 g/mol. The average Bonchev–Trinajstić information content (AvgIpc) is 2.78. The zero-order valence-electron chi connectivity index (χ0n) is 17.0. The van der Waals surface area contributed by atoms with Crippen LogP contribution in [0.4, 0.5) is 0 Å². The van der Waals surface area contributed by atoms with E-state index in [1.165, 1.54) is 12.1 Å². The Morgan fingerprint density at radius 1 is 0.548 bits per heavy atom. The second kappa shape index (κ2) is 7.44. The maximum Gasteiger partial charge on any atom is 0.201 e. The number of aromatic hydroxyl groups is 2. The van der Waals surface area contributed by atoms with Crippen molar-refractivity contribution in [2.75, 3.05) is 0 Å². The first kappa shape index (κ1) is 19.1. The Hall–Kier alpha value is -3.85. The van der Waals surface area contributed by atoms with Gasteiger partial charge in [-0.1, -0.05) is 84.9 Å². The van der Waals surface area contributed by atoms with E-state index in [0.717, 1.165) is 22.3 Å². The number of carbonyl (C=O) groups excluding carboxylic acids is 1. The van der Waals surface area contributed by atoms with Crippen LogP contribution in [0.5, 0.6) is 11.5 Å². The Morgan fingerprint density at radius 2 is 0.968 bits per heavy atom. The Bertz CT molecular complexity index is 1160. The third kappa shape index (κ3) is 3.10. The fraction of sp³-hybridized carbons (Fsp3) is 0.107. The van der Waals surface area contributed by atoms with Gasteiger partial charge in [0.1, 0.15) is 11.5 Å². The molecular weight excluding hydrogens is 384 g/mol. The maximum atomic E-state index is 13.4. The summed E-state index contributed by atoms with van der Waals surface area (Å²) >= 11 is 0. The van der Waals surface area contributed by atoms with Gasteiger partial charge in [-0.2, -0.15) is 0 Å². The summed E-state index contributed by atoms with van der Waals surface area (Å²) in [6.07, 6.45) is 1.26. The molecule has 4 aromatic carbocycles. The lowest BCUT2D eigenvalue weighted by Gasteiger charge is -2.41. The van der Waals surface area contributed by atoms with E-state index in [-0.39, 0.29) is 28.4 Å². The Labute approximate surface area is 181 Å². The molecule has 0 aromatic heterocycles. The van der Waals surface area contributed by atoms with Gasteiger partial charge in [-0.15, -0.1) is 0 Å². The third-order valence-electron chi connectivity index (χ3n) is 6.27. The van der Waals surface area contributed by atoms with Crippen LogP contribution in [0.2, 0.25) is 0 Å². The SMILES string of the molecule is O=C1c2c(O)cccc2C(Cc2ccccc2)(Cc2ccccc2)c2cccc(O)c21. The number of rotatable bonds is 4. The summed E-state index contributed by atoms with van der Waals surface area (Å²) in [5.41, 5.74) is 3.77. The Balaban J connectivity index is 1.85. The van der Waals surface area contributed by atoms with Crippen LogP contribution in [0.1, 0.15) is 38.2 Å². The monoisotopic (exact) mass is 406 g/mol. The van der Waals surface area contributed by atoms with E-state index in [9.17, 15) is 15.0 Å². The van der Waals surface area contributed by atoms with E-state index in [4.69, 9.17) is 0 Å². The van der Waals surface area contributed by atoms with Crippen LogP contribution >= 0.6 is 0 Å². The van der Waals surface area contributed by atoms with Gasteiger partial charge >= 0.3 is 0 Å². The highest BCUT2D eigenvalue weighted by Gasteiger charge is 2.45. The van der Waals surface area contributed by atoms with Crippen molar-refractivity contribution >= 4 is 5.78 Å². The number of hydrogen-bond acceptors (Lipinski definition) is 3. The first-order valence-electron chi connectivity index (χ1n) is 10.4. The van der Waals surface area contributed by atoms with E-state index >= 15 is 0 Å². The molecule has 0 unspecified atom stereocenters. The molecule has 0 heterocycles. The van der Waals surface area contributed by atoms with Gasteiger partial charge < -0.3 is 10.2 Å². The van der Waals surface area contributed by atoms with Crippen LogP contribution in [0.3, 0.4) is 0 Å². The largest absolute Gasteiger partial charge is 0.507 e. The van der Waals surface area contributed by atoms with Gasteiger partial charge in [-0.05, 0) is 47.2 Å². The molecule has 0 saturated carbocycles. The fourth-order valence-corrected chi connectivity index (χ4v) is 4.96. The van der Waals surface area contributed by atoms with E-state index in [1.807, 2.05) is 48.5 Å². The molecule has 0 radical (unpaired) electrons. The number of phenolic OH excluding ortho intramolecular Hbond substituents is 2. The van der Waals surface area contributed by atoms with Gasteiger partial charge in [0, 0.05) is 5.41 Å². The molecule has 0 fully saturated rings. The molecule has 0 spiro atoms. The number of benzene rings is 4. The van der Waals surface area contributed by atoms with Gasteiger partial charge in [0.05, 0.1) is 11.1 Å². The summed E-state index contributed by atoms with van der Waals surface area (Å²) < 4.78 is 0. The summed E-state index contributed by atoms with van der Waals surface area (Å²) in [7, 11) is 0. The minimum Gasteiger partial charge on any atom is -0.507 e. The number of carbonyl (C=O) groups is 1. The molecule has 152 valence electrons. The second-order valence-corrected chi connectivity index (χ2v) is 8.14. The first-order chi connectivity index (χ1) is 15.1. The van der Waals surface area contributed by atoms with Crippen molar-refractivity contribution in [2.45, 2.75) is 18.3 Å². The summed E-state index contributed by atoms with van der Waals surface area (Å²) in [6, 6.07) is 30.8. The van der Waals surface area contributed by atoms with Crippen molar-refractivity contribution in [3.05, 3.63) is 130 Å². The minimum atomic E-state index is -0.626. The van der Waals surface area contributed by atoms with E-state index in [0.29, 0.717) is 12.8 Å². The predicted molar refractivity (Wildman–Crippen MR) is 121 cm³/mol. The van der Waals surface area contributed by atoms with Gasteiger partial charge in [0.25, 0.3) is 0 Å². The number of hydrogen-bond donors (Lipinski definition) is 2. The van der Waals surface area contributed by atoms with Crippen LogP contribution in [-0.4, -0.2) is 16.0 Å². The molecular formula is C28H22O3. The van der Waals surface area contributed by atoms with Crippen LogP contribution in [0, 0.1) is 0 Å². The van der Waals surface area contributed by atoms with Crippen LogP contribution in [0.15, 0.2) is 97.1 Å². The summed E-state index contributed by atoms with van der Waals surface area (Å²) in [6.45, 7) is 0. The molecule has 0 saturated heterocycles. The molecule has 0 aliphatic heterocycles. The zero-order chi connectivity index (χ0) is 21.4. The molecule has 3 heteroatoms. The fourth-order valence-electron chi connectivity index (χ4n) is 4.96. The van der Waals surface area contributed by atoms with Crippen molar-refractivity contribution in [2.24, 2.45) is 0 Å². The van der Waals surface area contributed by atoms with E-state index in [1.54, 1.807) is 12.1 Å². The molecule has 1 aliphatic carbocycles. The van der Waals surface area contributed by atoms with Crippen molar-refractivity contribution in [3.63, 3.8) is 0 Å². The van der Waals surface area contributed by atoms with Crippen LogP contribution < -0.4 is 0 Å². The standard InChI is InChI=1S/C28H22O3/c29-23-15-7-13-21-25(23)27(31)26-22(14-8-16-24(26)30)28(21,17-19-9-3-1-4-10-19)18-20-11-5-2-6-12-20/h1-16,29-30H,17-18H2. The lowest BCUT2D eigenvalue weighted by atomic mass is 9.60. The highest BCUT2D eigenvalue weighted by atomic mass is 16.3. The quantitative estimate of drug-likeness (QED) is 0.476. The molecule has 3 nitrogen and oxygen atoms in total. The molecule has 2 N–H and O–H groups in total.